The fraction of sp³-hybridized carbons (Fsp3) is 0.500. The van der Waals surface area contributed by atoms with E-state index in [1.54, 1.807) is 6.92 Å². The van der Waals surface area contributed by atoms with Crippen LogP contribution >= 0.6 is 0 Å². The van der Waals surface area contributed by atoms with Gasteiger partial charge in [0.2, 0.25) is 5.91 Å². The van der Waals surface area contributed by atoms with E-state index >= 15 is 0 Å². The Hall–Kier alpha value is -1.31. The largest absolute Gasteiger partial charge is 0.326 e. The Labute approximate surface area is 98.1 Å². The smallest absolute Gasteiger partial charge is 0.221 e. The highest BCUT2D eigenvalue weighted by Crippen LogP contribution is 2.18. The fourth-order valence-corrected chi connectivity index (χ4v) is 1.75. The number of amides is 1. The fourth-order valence-electron chi connectivity index (χ4n) is 1.75. The van der Waals surface area contributed by atoms with Gasteiger partial charge in [-0.15, -0.1) is 0 Å². The predicted molar refractivity (Wildman–Crippen MR) is 68.5 cm³/mol. The number of carbonyl (C=O) groups is 1. The number of hydrogen-bond acceptors (Lipinski definition) is 1. The van der Waals surface area contributed by atoms with Crippen molar-refractivity contribution in [2.24, 2.45) is 5.92 Å². The molecule has 0 radical (unpaired) electrons. The number of carbonyl (C=O) groups excluding carboxylic acids is 1. The van der Waals surface area contributed by atoms with E-state index in [1.807, 2.05) is 18.2 Å². The molecule has 1 aromatic carbocycles. The summed E-state index contributed by atoms with van der Waals surface area (Å²) in [4.78, 5) is 11.0. The van der Waals surface area contributed by atoms with Gasteiger partial charge < -0.3 is 5.32 Å². The van der Waals surface area contributed by atoms with Gasteiger partial charge >= 0.3 is 0 Å². The minimum Gasteiger partial charge on any atom is -0.326 e. The molecule has 2 nitrogen and oxygen atoms in total. The predicted octanol–water partition coefficient (Wildman–Crippen LogP) is 3.62. The van der Waals surface area contributed by atoms with E-state index in [-0.39, 0.29) is 5.91 Å². The molecular formula is C14H21NO. The Kier molecular flexibility index (Phi) is 5.03. The van der Waals surface area contributed by atoms with Gasteiger partial charge in [-0.3, -0.25) is 4.79 Å². The summed E-state index contributed by atoms with van der Waals surface area (Å²) in [6, 6.07) is 8.03. The molecule has 0 spiro atoms. The number of benzene rings is 1. The highest BCUT2D eigenvalue weighted by Gasteiger charge is 2.03. The third kappa shape index (κ3) is 4.47. The third-order valence-corrected chi connectivity index (χ3v) is 2.56. The zero-order valence-corrected chi connectivity index (χ0v) is 10.4. The van der Waals surface area contributed by atoms with Crippen LogP contribution in [-0.2, 0) is 11.2 Å². The topological polar surface area (TPSA) is 29.1 Å². The van der Waals surface area contributed by atoms with Crippen LogP contribution in [0, 0.1) is 5.92 Å². The van der Waals surface area contributed by atoms with Crippen LogP contribution < -0.4 is 5.32 Å². The first-order valence-corrected chi connectivity index (χ1v) is 5.95. The van der Waals surface area contributed by atoms with Crippen molar-refractivity contribution in [1.29, 1.82) is 0 Å². The highest BCUT2D eigenvalue weighted by atomic mass is 16.1. The Morgan fingerprint density at radius 3 is 2.62 bits per heavy atom. The first-order valence-electron chi connectivity index (χ1n) is 5.95. The SMILES string of the molecule is CC(=O)Nc1ccccc1CCCC(C)C. The molecule has 0 heterocycles. The van der Waals surface area contributed by atoms with Crippen LogP contribution in [0.2, 0.25) is 0 Å². The summed E-state index contributed by atoms with van der Waals surface area (Å²) < 4.78 is 0. The summed E-state index contributed by atoms with van der Waals surface area (Å²) in [5.41, 5.74) is 2.19. The summed E-state index contributed by atoms with van der Waals surface area (Å²) in [6.45, 7) is 6.02. The zero-order chi connectivity index (χ0) is 12.0. The molecule has 0 aliphatic heterocycles. The Morgan fingerprint density at radius 2 is 2.00 bits per heavy atom. The molecule has 0 bridgehead atoms. The number of para-hydroxylation sites is 1. The number of hydrogen-bond donors (Lipinski definition) is 1. The van der Waals surface area contributed by atoms with E-state index in [0.717, 1.165) is 18.0 Å². The third-order valence-electron chi connectivity index (χ3n) is 2.56. The quantitative estimate of drug-likeness (QED) is 0.805. The van der Waals surface area contributed by atoms with Crippen LogP contribution in [-0.4, -0.2) is 5.91 Å². The lowest BCUT2D eigenvalue weighted by Gasteiger charge is -2.10. The maximum Gasteiger partial charge on any atom is 0.221 e. The Morgan fingerprint density at radius 1 is 1.31 bits per heavy atom. The molecule has 0 fully saturated rings. The molecule has 88 valence electrons. The molecule has 1 rings (SSSR count). The summed E-state index contributed by atoms with van der Waals surface area (Å²) in [5, 5.41) is 2.87. The van der Waals surface area contributed by atoms with Gasteiger partial charge in [-0.2, -0.15) is 0 Å². The van der Waals surface area contributed by atoms with Crippen molar-refractivity contribution in [3.63, 3.8) is 0 Å². The summed E-state index contributed by atoms with van der Waals surface area (Å²) >= 11 is 0. The number of anilines is 1. The lowest BCUT2D eigenvalue weighted by Crippen LogP contribution is -2.08. The Bertz CT molecular complexity index is 344. The molecule has 1 aromatic rings. The second-order valence-electron chi connectivity index (χ2n) is 4.62. The minimum absolute atomic E-state index is 0.00342. The molecule has 0 unspecified atom stereocenters. The summed E-state index contributed by atoms with van der Waals surface area (Å²) in [6.07, 6.45) is 3.44. The van der Waals surface area contributed by atoms with Gasteiger partial charge in [0.1, 0.15) is 0 Å². The van der Waals surface area contributed by atoms with Gasteiger partial charge in [0.25, 0.3) is 0 Å². The van der Waals surface area contributed by atoms with Gasteiger partial charge in [0.05, 0.1) is 0 Å². The van der Waals surface area contributed by atoms with E-state index in [9.17, 15) is 4.79 Å². The van der Waals surface area contributed by atoms with E-state index < -0.39 is 0 Å². The molecule has 0 aliphatic rings. The average molecular weight is 219 g/mol. The molecule has 0 aliphatic carbocycles. The van der Waals surface area contributed by atoms with Gasteiger partial charge in [-0.25, -0.2) is 0 Å². The van der Waals surface area contributed by atoms with Crippen molar-refractivity contribution >= 4 is 11.6 Å². The van der Waals surface area contributed by atoms with Gasteiger partial charge in [-0.05, 0) is 30.4 Å². The average Bonchev–Trinajstić information content (AvgIpc) is 2.19. The van der Waals surface area contributed by atoms with Gasteiger partial charge in [0, 0.05) is 12.6 Å². The van der Waals surface area contributed by atoms with Crippen molar-refractivity contribution in [2.75, 3.05) is 5.32 Å². The Balaban J connectivity index is 2.60. The molecule has 0 saturated carbocycles. The summed E-state index contributed by atoms with van der Waals surface area (Å²) in [5.74, 6) is 0.740. The van der Waals surface area contributed by atoms with Gasteiger partial charge in [-0.1, -0.05) is 38.5 Å². The van der Waals surface area contributed by atoms with Gasteiger partial charge in [0.15, 0.2) is 0 Å². The molecular weight excluding hydrogens is 198 g/mol. The van der Waals surface area contributed by atoms with E-state index in [2.05, 4.69) is 25.2 Å². The van der Waals surface area contributed by atoms with Crippen LogP contribution in [0.25, 0.3) is 0 Å². The molecule has 2 heteroatoms. The van der Waals surface area contributed by atoms with Crippen molar-refractivity contribution in [3.8, 4) is 0 Å². The van der Waals surface area contributed by atoms with Crippen LogP contribution in [0.1, 0.15) is 39.2 Å². The lowest BCUT2D eigenvalue weighted by atomic mass is 10.0. The van der Waals surface area contributed by atoms with E-state index in [0.29, 0.717) is 0 Å². The standard InChI is InChI=1S/C14H21NO/c1-11(2)7-6-9-13-8-4-5-10-14(13)15-12(3)16/h4-5,8,10-11H,6-7,9H2,1-3H3,(H,15,16). The molecule has 16 heavy (non-hydrogen) atoms. The monoisotopic (exact) mass is 219 g/mol. The maximum absolute atomic E-state index is 11.0. The highest BCUT2D eigenvalue weighted by molar-refractivity contribution is 5.89. The minimum atomic E-state index is -0.00342. The van der Waals surface area contributed by atoms with Crippen molar-refractivity contribution in [1.82, 2.24) is 0 Å². The normalized spacial score (nSPS) is 10.5. The van der Waals surface area contributed by atoms with Crippen LogP contribution in [0.3, 0.4) is 0 Å². The molecule has 0 atom stereocenters. The molecule has 1 amide bonds. The maximum atomic E-state index is 11.0. The van der Waals surface area contributed by atoms with Crippen LogP contribution in [0.5, 0.6) is 0 Å². The lowest BCUT2D eigenvalue weighted by molar-refractivity contribution is -0.114. The molecule has 0 aromatic heterocycles. The number of aryl methyl sites for hydroxylation is 1. The van der Waals surface area contributed by atoms with E-state index in [1.165, 1.54) is 18.4 Å². The number of rotatable bonds is 5. The van der Waals surface area contributed by atoms with Crippen LogP contribution in [0.4, 0.5) is 5.69 Å². The number of nitrogens with one attached hydrogen (secondary N) is 1. The van der Waals surface area contributed by atoms with E-state index in [4.69, 9.17) is 0 Å². The second-order valence-corrected chi connectivity index (χ2v) is 4.62. The summed E-state index contributed by atoms with van der Waals surface area (Å²) in [7, 11) is 0. The second kappa shape index (κ2) is 6.31. The first kappa shape index (κ1) is 12.8. The molecule has 0 saturated heterocycles. The van der Waals surface area contributed by atoms with Crippen molar-refractivity contribution in [3.05, 3.63) is 29.8 Å². The van der Waals surface area contributed by atoms with Crippen molar-refractivity contribution in [2.45, 2.75) is 40.0 Å². The first-order chi connectivity index (χ1) is 7.59. The van der Waals surface area contributed by atoms with Crippen molar-refractivity contribution < 1.29 is 4.79 Å². The molecule has 1 N–H and O–H groups in total. The van der Waals surface area contributed by atoms with Crippen LogP contribution in [0.15, 0.2) is 24.3 Å². The zero-order valence-electron chi connectivity index (χ0n) is 10.4.